The Hall–Kier alpha value is -3.09. The number of carbonyl (C=O) groups excluding carboxylic acids is 2. The van der Waals surface area contributed by atoms with Gasteiger partial charge < -0.3 is 14.8 Å². The third-order valence-electron chi connectivity index (χ3n) is 5.82. The smallest absolute Gasteiger partial charge is 0.256 e. The molecule has 0 aliphatic carbocycles. The van der Waals surface area contributed by atoms with Crippen LogP contribution >= 0.6 is 0 Å². The molecule has 4 rings (SSSR count). The molecule has 1 fully saturated rings. The highest BCUT2D eigenvalue weighted by molar-refractivity contribution is 6.07. The molecule has 0 bridgehead atoms. The van der Waals surface area contributed by atoms with E-state index in [4.69, 9.17) is 0 Å². The first kappa shape index (κ1) is 20.2. The van der Waals surface area contributed by atoms with E-state index in [0.29, 0.717) is 18.9 Å². The highest BCUT2D eigenvalue weighted by Crippen LogP contribution is 2.29. The number of hydrogen-bond acceptors (Lipinski definition) is 3. The second-order valence-electron chi connectivity index (χ2n) is 9.06. The van der Waals surface area contributed by atoms with Crippen LogP contribution in [-0.2, 0) is 11.8 Å². The molecule has 0 saturated carbocycles. The van der Waals surface area contributed by atoms with E-state index in [9.17, 15) is 9.59 Å². The van der Waals surface area contributed by atoms with Crippen LogP contribution in [0.25, 0.3) is 10.9 Å². The summed E-state index contributed by atoms with van der Waals surface area (Å²) in [7, 11) is 1.97. The maximum atomic E-state index is 13.2. The topological polar surface area (TPSA) is 72.2 Å². The van der Waals surface area contributed by atoms with E-state index >= 15 is 0 Å². The second kappa shape index (κ2) is 7.63. The fraction of sp³-hybridized carbons (Fsp3) is 0.435. The van der Waals surface area contributed by atoms with Crippen LogP contribution in [0.2, 0.25) is 0 Å². The molecule has 3 aromatic rings. The lowest BCUT2D eigenvalue weighted by molar-refractivity contribution is -0.123. The van der Waals surface area contributed by atoms with E-state index in [1.807, 2.05) is 78.5 Å². The standard InChI is InChI=1S/C23H29N5O2/c1-23(2,3)22(30)25-20-9-12-24-28(20)16-10-13-27(14-11-16)21(29)18-15-26(4)19-8-6-5-7-17(18)19/h5-9,12,15-16H,10-11,13-14H2,1-4H3,(H,25,30). The summed E-state index contributed by atoms with van der Waals surface area (Å²) < 4.78 is 3.90. The van der Waals surface area contributed by atoms with Crippen molar-refractivity contribution in [3.63, 3.8) is 0 Å². The molecule has 0 radical (unpaired) electrons. The van der Waals surface area contributed by atoms with Crippen LogP contribution < -0.4 is 5.32 Å². The van der Waals surface area contributed by atoms with Crippen LogP contribution in [0, 0.1) is 5.41 Å². The number of rotatable bonds is 3. The van der Waals surface area contributed by atoms with Crippen molar-refractivity contribution in [2.45, 2.75) is 39.7 Å². The molecule has 0 spiro atoms. The largest absolute Gasteiger partial charge is 0.350 e. The van der Waals surface area contributed by atoms with Gasteiger partial charge in [0.15, 0.2) is 0 Å². The first-order valence-corrected chi connectivity index (χ1v) is 10.4. The summed E-state index contributed by atoms with van der Waals surface area (Å²) in [6.45, 7) is 7.00. The number of fused-ring (bicyclic) bond motifs is 1. The van der Waals surface area contributed by atoms with Gasteiger partial charge in [0.05, 0.1) is 17.8 Å². The van der Waals surface area contributed by atoms with Crippen molar-refractivity contribution >= 4 is 28.5 Å². The number of aromatic nitrogens is 3. The Morgan fingerprint density at radius 1 is 1.10 bits per heavy atom. The Labute approximate surface area is 176 Å². The van der Waals surface area contributed by atoms with Crippen molar-refractivity contribution in [3.05, 3.63) is 48.3 Å². The van der Waals surface area contributed by atoms with Crippen molar-refractivity contribution in [1.29, 1.82) is 0 Å². The number of nitrogens with one attached hydrogen (secondary N) is 1. The van der Waals surface area contributed by atoms with E-state index in [1.54, 1.807) is 6.20 Å². The Morgan fingerprint density at radius 3 is 2.50 bits per heavy atom. The fourth-order valence-electron chi connectivity index (χ4n) is 4.00. The lowest BCUT2D eigenvalue weighted by Crippen LogP contribution is -2.39. The van der Waals surface area contributed by atoms with Gasteiger partial charge in [-0.05, 0) is 18.9 Å². The Bertz CT molecular complexity index is 1080. The van der Waals surface area contributed by atoms with Gasteiger partial charge in [0.1, 0.15) is 5.82 Å². The van der Waals surface area contributed by atoms with Crippen LogP contribution in [0.15, 0.2) is 42.7 Å². The number of benzene rings is 1. The zero-order chi connectivity index (χ0) is 21.5. The lowest BCUT2D eigenvalue weighted by Gasteiger charge is -2.33. The van der Waals surface area contributed by atoms with Gasteiger partial charge in [-0.15, -0.1) is 0 Å². The number of para-hydroxylation sites is 1. The monoisotopic (exact) mass is 407 g/mol. The normalized spacial score (nSPS) is 15.5. The molecule has 3 heterocycles. The third kappa shape index (κ3) is 3.72. The number of nitrogens with zero attached hydrogens (tertiary/aromatic N) is 4. The molecule has 7 heteroatoms. The van der Waals surface area contributed by atoms with Crippen LogP contribution in [0.1, 0.15) is 50.0 Å². The van der Waals surface area contributed by atoms with Crippen LogP contribution in [0.3, 0.4) is 0 Å². The third-order valence-corrected chi connectivity index (χ3v) is 5.82. The van der Waals surface area contributed by atoms with Gasteiger partial charge in [-0.25, -0.2) is 4.68 Å². The van der Waals surface area contributed by atoms with Crippen molar-refractivity contribution in [2.24, 2.45) is 12.5 Å². The molecule has 0 unspecified atom stereocenters. The first-order chi connectivity index (χ1) is 14.3. The number of carbonyl (C=O) groups is 2. The van der Waals surface area contributed by atoms with Crippen molar-refractivity contribution < 1.29 is 9.59 Å². The predicted molar refractivity (Wildman–Crippen MR) is 117 cm³/mol. The SMILES string of the molecule is Cn1cc(C(=O)N2CCC(n3nccc3NC(=O)C(C)(C)C)CC2)c2ccccc21. The summed E-state index contributed by atoms with van der Waals surface area (Å²) in [5, 5.41) is 8.42. The van der Waals surface area contributed by atoms with E-state index in [0.717, 1.165) is 29.3 Å². The quantitative estimate of drug-likeness (QED) is 0.717. The molecule has 158 valence electrons. The molecular formula is C23H29N5O2. The number of piperidine rings is 1. The fourth-order valence-corrected chi connectivity index (χ4v) is 4.00. The van der Waals surface area contributed by atoms with Gasteiger partial charge in [0, 0.05) is 48.7 Å². The molecule has 1 aliphatic heterocycles. The molecule has 30 heavy (non-hydrogen) atoms. The van der Waals surface area contributed by atoms with Gasteiger partial charge in [0.2, 0.25) is 5.91 Å². The lowest BCUT2D eigenvalue weighted by atomic mass is 9.96. The van der Waals surface area contributed by atoms with Gasteiger partial charge in [0.25, 0.3) is 5.91 Å². The minimum absolute atomic E-state index is 0.0344. The molecule has 2 amide bonds. The van der Waals surface area contributed by atoms with Crippen LogP contribution in [-0.4, -0.2) is 44.2 Å². The number of aryl methyl sites for hydroxylation is 1. The molecular weight excluding hydrogens is 378 g/mol. The Morgan fingerprint density at radius 2 is 1.80 bits per heavy atom. The second-order valence-corrected chi connectivity index (χ2v) is 9.06. The van der Waals surface area contributed by atoms with Gasteiger partial charge >= 0.3 is 0 Å². The minimum Gasteiger partial charge on any atom is -0.350 e. The highest BCUT2D eigenvalue weighted by atomic mass is 16.2. The average molecular weight is 408 g/mol. The summed E-state index contributed by atoms with van der Waals surface area (Å²) in [5.41, 5.74) is 1.35. The zero-order valence-corrected chi connectivity index (χ0v) is 18.1. The Kier molecular flexibility index (Phi) is 5.13. The molecule has 1 N–H and O–H groups in total. The number of anilines is 1. The van der Waals surface area contributed by atoms with Crippen LogP contribution in [0.5, 0.6) is 0 Å². The van der Waals surface area contributed by atoms with E-state index in [-0.39, 0.29) is 17.9 Å². The summed E-state index contributed by atoms with van der Waals surface area (Å²) in [6, 6.07) is 9.98. The first-order valence-electron chi connectivity index (χ1n) is 10.4. The molecule has 0 atom stereocenters. The maximum Gasteiger partial charge on any atom is 0.256 e. The van der Waals surface area contributed by atoms with E-state index < -0.39 is 5.41 Å². The van der Waals surface area contributed by atoms with E-state index in [2.05, 4.69) is 10.4 Å². The van der Waals surface area contributed by atoms with Gasteiger partial charge in [-0.1, -0.05) is 39.0 Å². The van der Waals surface area contributed by atoms with Crippen molar-refractivity contribution in [1.82, 2.24) is 19.2 Å². The predicted octanol–water partition coefficient (Wildman–Crippen LogP) is 3.84. The van der Waals surface area contributed by atoms with Gasteiger partial charge in [-0.2, -0.15) is 5.10 Å². The van der Waals surface area contributed by atoms with Crippen molar-refractivity contribution in [3.8, 4) is 0 Å². The minimum atomic E-state index is -0.469. The van der Waals surface area contributed by atoms with E-state index in [1.165, 1.54) is 0 Å². The zero-order valence-electron chi connectivity index (χ0n) is 18.1. The number of likely N-dealkylation sites (tertiary alicyclic amines) is 1. The molecule has 7 nitrogen and oxygen atoms in total. The van der Waals surface area contributed by atoms with Gasteiger partial charge in [-0.3, -0.25) is 9.59 Å². The molecule has 1 saturated heterocycles. The Balaban J connectivity index is 1.45. The number of hydrogen-bond donors (Lipinski definition) is 1. The molecule has 1 aliphatic rings. The summed E-state index contributed by atoms with van der Waals surface area (Å²) in [4.78, 5) is 27.5. The number of amides is 2. The summed E-state index contributed by atoms with van der Waals surface area (Å²) in [6.07, 6.45) is 5.24. The summed E-state index contributed by atoms with van der Waals surface area (Å²) in [5.74, 6) is 0.758. The molecule has 2 aromatic heterocycles. The van der Waals surface area contributed by atoms with Crippen LogP contribution in [0.4, 0.5) is 5.82 Å². The van der Waals surface area contributed by atoms with Crippen molar-refractivity contribution in [2.75, 3.05) is 18.4 Å². The molecule has 1 aromatic carbocycles. The maximum absolute atomic E-state index is 13.2. The average Bonchev–Trinajstić information content (AvgIpc) is 3.32. The highest BCUT2D eigenvalue weighted by Gasteiger charge is 2.29. The summed E-state index contributed by atoms with van der Waals surface area (Å²) >= 11 is 0.